The lowest BCUT2D eigenvalue weighted by molar-refractivity contribution is 0.206. The molecule has 18 heavy (non-hydrogen) atoms. The number of aryl methyl sites for hydroxylation is 1. The fourth-order valence-corrected chi connectivity index (χ4v) is 2.71. The molecular formula is C15H22FNO. The van der Waals surface area contributed by atoms with E-state index < -0.39 is 0 Å². The van der Waals surface area contributed by atoms with Gasteiger partial charge >= 0.3 is 0 Å². The van der Waals surface area contributed by atoms with Gasteiger partial charge in [0.2, 0.25) is 0 Å². The number of hydrogen-bond acceptors (Lipinski definition) is 2. The Hall–Kier alpha value is -1.09. The predicted octanol–water partition coefficient (Wildman–Crippen LogP) is 3.55. The molecule has 1 aromatic carbocycles. The van der Waals surface area contributed by atoms with Gasteiger partial charge in [-0.25, -0.2) is 4.39 Å². The summed E-state index contributed by atoms with van der Waals surface area (Å²) < 4.78 is 19.2. The van der Waals surface area contributed by atoms with Gasteiger partial charge in [0.25, 0.3) is 0 Å². The van der Waals surface area contributed by atoms with Gasteiger partial charge in [0.05, 0.1) is 6.61 Å². The number of hydrogen-bond donors (Lipinski definition) is 1. The summed E-state index contributed by atoms with van der Waals surface area (Å²) in [6.07, 6.45) is 6.46. The van der Waals surface area contributed by atoms with Gasteiger partial charge in [-0.2, -0.15) is 0 Å². The average molecular weight is 251 g/mol. The Kier molecular flexibility index (Phi) is 4.59. The molecular weight excluding hydrogens is 229 g/mol. The summed E-state index contributed by atoms with van der Waals surface area (Å²) in [4.78, 5) is 0. The van der Waals surface area contributed by atoms with Crippen molar-refractivity contribution in [1.29, 1.82) is 0 Å². The van der Waals surface area contributed by atoms with Crippen LogP contribution in [0.15, 0.2) is 12.1 Å². The average Bonchev–Trinajstić information content (AvgIpc) is 2.38. The van der Waals surface area contributed by atoms with Crippen LogP contribution in [-0.4, -0.2) is 6.61 Å². The molecule has 0 spiro atoms. The van der Waals surface area contributed by atoms with Crippen LogP contribution >= 0.6 is 0 Å². The first-order valence-corrected chi connectivity index (χ1v) is 6.82. The third-order valence-electron chi connectivity index (χ3n) is 3.72. The lowest BCUT2D eigenvalue weighted by Crippen LogP contribution is -2.16. The minimum Gasteiger partial charge on any atom is -0.493 e. The Morgan fingerprint density at radius 1 is 1.28 bits per heavy atom. The maximum Gasteiger partial charge on any atom is 0.126 e. The standard InChI is InChI=1S/C15H22FNO/c1-11-7-14(16)8-13(9-17)15(11)18-10-12-5-3-2-4-6-12/h7-8,12H,2-6,9-10,17H2,1H3. The molecule has 2 rings (SSSR count). The Balaban J connectivity index is 2.03. The molecule has 1 fully saturated rings. The minimum atomic E-state index is -0.238. The molecule has 1 aliphatic rings. The van der Waals surface area contributed by atoms with Crippen molar-refractivity contribution < 1.29 is 9.13 Å². The van der Waals surface area contributed by atoms with Gasteiger partial charge in [-0.3, -0.25) is 0 Å². The Labute approximate surface area is 108 Å². The fourth-order valence-electron chi connectivity index (χ4n) is 2.71. The van der Waals surface area contributed by atoms with E-state index in [0.29, 0.717) is 12.5 Å². The van der Waals surface area contributed by atoms with Crippen LogP contribution in [0.5, 0.6) is 5.75 Å². The summed E-state index contributed by atoms with van der Waals surface area (Å²) in [5.41, 5.74) is 7.26. The van der Waals surface area contributed by atoms with Crippen molar-refractivity contribution in [2.75, 3.05) is 6.61 Å². The zero-order valence-electron chi connectivity index (χ0n) is 11.0. The highest BCUT2D eigenvalue weighted by Gasteiger charge is 2.16. The fraction of sp³-hybridized carbons (Fsp3) is 0.600. The van der Waals surface area contributed by atoms with Crippen molar-refractivity contribution in [1.82, 2.24) is 0 Å². The molecule has 0 saturated heterocycles. The summed E-state index contributed by atoms with van der Waals surface area (Å²) in [5.74, 6) is 1.19. The lowest BCUT2D eigenvalue weighted by Gasteiger charge is -2.23. The normalized spacial score (nSPS) is 16.8. The molecule has 0 atom stereocenters. The Morgan fingerprint density at radius 3 is 2.67 bits per heavy atom. The highest BCUT2D eigenvalue weighted by Crippen LogP contribution is 2.28. The lowest BCUT2D eigenvalue weighted by atomic mass is 9.90. The maximum absolute atomic E-state index is 13.3. The molecule has 0 heterocycles. The number of benzene rings is 1. The number of ether oxygens (including phenoxy) is 1. The first-order valence-electron chi connectivity index (χ1n) is 6.82. The van der Waals surface area contributed by atoms with E-state index in [2.05, 4.69) is 0 Å². The molecule has 0 aliphatic heterocycles. The van der Waals surface area contributed by atoms with Gasteiger partial charge in [0.15, 0.2) is 0 Å². The number of rotatable bonds is 4. The second-order valence-corrected chi connectivity index (χ2v) is 5.23. The molecule has 0 aromatic heterocycles. The quantitative estimate of drug-likeness (QED) is 0.888. The van der Waals surface area contributed by atoms with E-state index in [1.807, 2.05) is 6.92 Å². The first-order chi connectivity index (χ1) is 8.70. The highest BCUT2D eigenvalue weighted by molar-refractivity contribution is 5.41. The zero-order valence-corrected chi connectivity index (χ0v) is 11.0. The zero-order chi connectivity index (χ0) is 13.0. The molecule has 3 heteroatoms. The van der Waals surface area contributed by atoms with Crippen LogP contribution < -0.4 is 10.5 Å². The molecule has 2 nitrogen and oxygen atoms in total. The molecule has 0 unspecified atom stereocenters. The van der Waals surface area contributed by atoms with Crippen LogP contribution in [0.25, 0.3) is 0 Å². The second-order valence-electron chi connectivity index (χ2n) is 5.23. The van der Waals surface area contributed by atoms with Gasteiger partial charge < -0.3 is 10.5 Å². The van der Waals surface area contributed by atoms with E-state index in [0.717, 1.165) is 23.5 Å². The van der Waals surface area contributed by atoms with Crippen LogP contribution in [0, 0.1) is 18.7 Å². The largest absolute Gasteiger partial charge is 0.493 e. The Bertz CT molecular complexity index is 400. The maximum atomic E-state index is 13.3. The molecule has 1 saturated carbocycles. The molecule has 2 N–H and O–H groups in total. The van der Waals surface area contributed by atoms with Gasteiger partial charge in [0.1, 0.15) is 11.6 Å². The van der Waals surface area contributed by atoms with E-state index in [-0.39, 0.29) is 5.82 Å². The summed E-state index contributed by atoms with van der Waals surface area (Å²) in [6, 6.07) is 2.98. The van der Waals surface area contributed by atoms with Crippen molar-refractivity contribution in [2.45, 2.75) is 45.6 Å². The van der Waals surface area contributed by atoms with E-state index in [4.69, 9.17) is 10.5 Å². The second kappa shape index (κ2) is 6.19. The van der Waals surface area contributed by atoms with Crippen molar-refractivity contribution in [2.24, 2.45) is 11.7 Å². The number of nitrogens with two attached hydrogens (primary N) is 1. The minimum absolute atomic E-state index is 0.238. The van der Waals surface area contributed by atoms with Crippen LogP contribution in [0.3, 0.4) is 0 Å². The van der Waals surface area contributed by atoms with Crippen LogP contribution in [0.2, 0.25) is 0 Å². The molecule has 1 aliphatic carbocycles. The highest BCUT2D eigenvalue weighted by atomic mass is 19.1. The first kappa shape index (κ1) is 13.3. The number of halogens is 1. The molecule has 0 radical (unpaired) electrons. The van der Waals surface area contributed by atoms with Gasteiger partial charge in [-0.1, -0.05) is 19.3 Å². The summed E-state index contributed by atoms with van der Waals surface area (Å²) in [6.45, 7) is 2.93. The molecule has 1 aromatic rings. The Morgan fingerprint density at radius 2 is 2.00 bits per heavy atom. The molecule has 0 amide bonds. The monoisotopic (exact) mass is 251 g/mol. The summed E-state index contributed by atoms with van der Waals surface area (Å²) in [5, 5.41) is 0. The van der Waals surface area contributed by atoms with Gasteiger partial charge in [-0.05, 0) is 43.4 Å². The van der Waals surface area contributed by atoms with E-state index in [9.17, 15) is 4.39 Å². The SMILES string of the molecule is Cc1cc(F)cc(CN)c1OCC1CCCCC1. The van der Waals surface area contributed by atoms with Crippen molar-refractivity contribution >= 4 is 0 Å². The van der Waals surface area contributed by atoms with E-state index >= 15 is 0 Å². The van der Waals surface area contributed by atoms with E-state index in [1.165, 1.54) is 44.2 Å². The van der Waals surface area contributed by atoms with Crippen molar-refractivity contribution in [3.63, 3.8) is 0 Å². The van der Waals surface area contributed by atoms with Gasteiger partial charge in [0, 0.05) is 12.1 Å². The summed E-state index contributed by atoms with van der Waals surface area (Å²) >= 11 is 0. The van der Waals surface area contributed by atoms with Crippen molar-refractivity contribution in [3.8, 4) is 5.75 Å². The summed E-state index contributed by atoms with van der Waals surface area (Å²) in [7, 11) is 0. The van der Waals surface area contributed by atoms with Crippen LogP contribution in [0.4, 0.5) is 4.39 Å². The third kappa shape index (κ3) is 3.22. The van der Waals surface area contributed by atoms with E-state index in [1.54, 1.807) is 0 Å². The smallest absolute Gasteiger partial charge is 0.126 e. The van der Waals surface area contributed by atoms with Crippen molar-refractivity contribution in [3.05, 3.63) is 29.1 Å². The van der Waals surface area contributed by atoms with Crippen LogP contribution in [-0.2, 0) is 6.54 Å². The molecule has 0 bridgehead atoms. The topological polar surface area (TPSA) is 35.2 Å². The third-order valence-corrected chi connectivity index (χ3v) is 3.72. The van der Waals surface area contributed by atoms with Gasteiger partial charge in [-0.15, -0.1) is 0 Å². The van der Waals surface area contributed by atoms with Crippen LogP contribution in [0.1, 0.15) is 43.2 Å². The molecule has 100 valence electrons. The predicted molar refractivity (Wildman–Crippen MR) is 71.1 cm³/mol.